The van der Waals surface area contributed by atoms with E-state index < -0.39 is 5.41 Å². The molecule has 0 bridgehead atoms. The molecule has 152 valence electrons. The second kappa shape index (κ2) is 7.81. The Balaban J connectivity index is 1.87. The number of ether oxygens (including phenoxy) is 1. The van der Waals surface area contributed by atoms with Gasteiger partial charge in [0.05, 0.1) is 7.11 Å². The quantitative estimate of drug-likeness (QED) is 0.788. The Kier molecular flexibility index (Phi) is 5.63. The topological polar surface area (TPSA) is 70.2 Å². The lowest BCUT2D eigenvalue weighted by atomic mass is 9.85. The summed E-state index contributed by atoms with van der Waals surface area (Å²) in [5.74, 6) is 0.634. The molecule has 0 unspecified atom stereocenters. The molecule has 2 aliphatic rings. The maximum Gasteiger partial charge on any atom is 0.253 e. The molecule has 1 aromatic rings. The van der Waals surface area contributed by atoms with Crippen LogP contribution >= 0.6 is 0 Å². The minimum absolute atomic E-state index is 0.0655. The molecule has 7 nitrogen and oxygen atoms in total. The van der Waals surface area contributed by atoms with Gasteiger partial charge in [0, 0.05) is 63.1 Å². The van der Waals surface area contributed by atoms with Gasteiger partial charge in [0.15, 0.2) is 0 Å². The fraction of sp³-hybridized carbons (Fsp3) is 0.571. The molecular weight excluding hydrogens is 358 g/mol. The maximum atomic E-state index is 13.1. The van der Waals surface area contributed by atoms with Crippen molar-refractivity contribution in [1.82, 2.24) is 14.7 Å². The standard InChI is InChI=1S/C21H29N3O4/c1-15(2)19(26)23-9-10-24(14-21(13-23)11-18(25)22(3)12-21)20(27)16-5-7-17(28-4)8-6-16/h5-8,15H,9-14H2,1-4H3/t21-/m0/s1. The summed E-state index contributed by atoms with van der Waals surface area (Å²) in [6.07, 6.45) is 0.359. The Morgan fingerprint density at radius 2 is 1.64 bits per heavy atom. The number of amides is 3. The molecule has 1 aromatic carbocycles. The molecule has 3 rings (SSSR count). The maximum absolute atomic E-state index is 13.1. The lowest BCUT2D eigenvalue weighted by Gasteiger charge is -2.33. The van der Waals surface area contributed by atoms with Crippen LogP contribution in [0.25, 0.3) is 0 Å². The van der Waals surface area contributed by atoms with Gasteiger partial charge in [-0.2, -0.15) is 0 Å². The third-order valence-corrected chi connectivity index (χ3v) is 5.65. The Morgan fingerprint density at radius 3 is 2.18 bits per heavy atom. The van der Waals surface area contributed by atoms with Crippen molar-refractivity contribution in [3.63, 3.8) is 0 Å². The summed E-state index contributed by atoms with van der Waals surface area (Å²) in [7, 11) is 3.37. The molecule has 0 radical (unpaired) electrons. The first kappa shape index (κ1) is 20.2. The predicted octanol–water partition coefficient (Wildman–Crippen LogP) is 1.48. The van der Waals surface area contributed by atoms with Gasteiger partial charge in [-0.3, -0.25) is 14.4 Å². The van der Waals surface area contributed by atoms with E-state index in [1.807, 2.05) is 18.7 Å². The van der Waals surface area contributed by atoms with Gasteiger partial charge in [0.1, 0.15) is 5.75 Å². The summed E-state index contributed by atoms with van der Waals surface area (Å²) in [4.78, 5) is 43.5. The summed E-state index contributed by atoms with van der Waals surface area (Å²) >= 11 is 0. The minimum Gasteiger partial charge on any atom is -0.497 e. The predicted molar refractivity (Wildman–Crippen MR) is 105 cm³/mol. The fourth-order valence-electron chi connectivity index (χ4n) is 4.22. The normalized spacial score (nSPS) is 22.8. The summed E-state index contributed by atoms with van der Waals surface area (Å²) in [6.45, 7) is 6.24. The second-order valence-electron chi connectivity index (χ2n) is 8.30. The van der Waals surface area contributed by atoms with Crippen molar-refractivity contribution in [1.29, 1.82) is 0 Å². The van der Waals surface area contributed by atoms with E-state index >= 15 is 0 Å². The molecule has 2 heterocycles. The van der Waals surface area contributed by atoms with E-state index in [2.05, 4.69) is 0 Å². The molecule has 1 atom stereocenters. The number of benzene rings is 1. The van der Waals surface area contributed by atoms with Crippen molar-refractivity contribution >= 4 is 17.7 Å². The first-order valence-electron chi connectivity index (χ1n) is 9.71. The van der Waals surface area contributed by atoms with E-state index in [9.17, 15) is 14.4 Å². The van der Waals surface area contributed by atoms with Crippen LogP contribution in [0.5, 0.6) is 5.75 Å². The molecule has 1 spiro atoms. The highest BCUT2D eigenvalue weighted by atomic mass is 16.5. The molecule has 2 saturated heterocycles. The highest BCUT2D eigenvalue weighted by Gasteiger charge is 2.47. The molecule has 7 heteroatoms. The van der Waals surface area contributed by atoms with E-state index in [0.29, 0.717) is 50.5 Å². The Bertz CT molecular complexity index is 761. The van der Waals surface area contributed by atoms with Crippen molar-refractivity contribution in [3.8, 4) is 5.75 Å². The largest absolute Gasteiger partial charge is 0.497 e. The van der Waals surface area contributed by atoms with E-state index in [-0.39, 0.29) is 23.6 Å². The number of carbonyl (C=O) groups is 3. The minimum atomic E-state index is -0.422. The average Bonchev–Trinajstić information content (AvgIpc) is 2.84. The zero-order valence-electron chi connectivity index (χ0n) is 17.1. The molecule has 0 N–H and O–H groups in total. The highest BCUT2D eigenvalue weighted by molar-refractivity contribution is 5.94. The summed E-state index contributed by atoms with van der Waals surface area (Å²) < 4.78 is 5.16. The third kappa shape index (κ3) is 3.98. The van der Waals surface area contributed by atoms with Crippen LogP contribution in [0.3, 0.4) is 0 Å². The second-order valence-corrected chi connectivity index (χ2v) is 8.30. The van der Waals surface area contributed by atoms with E-state index in [1.54, 1.807) is 48.2 Å². The van der Waals surface area contributed by atoms with E-state index in [4.69, 9.17) is 4.74 Å². The first-order valence-corrected chi connectivity index (χ1v) is 9.71. The van der Waals surface area contributed by atoms with Gasteiger partial charge < -0.3 is 19.4 Å². The zero-order chi connectivity index (χ0) is 20.5. The van der Waals surface area contributed by atoms with Crippen molar-refractivity contribution < 1.29 is 19.1 Å². The van der Waals surface area contributed by atoms with Crippen LogP contribution in [-0.2, 0) is 9.59 Å². The third-order valence-electron chi connectivity index (χ3n) is 5.65. The molecule has 0 aliphatic carbocycles. The summed E-state index contributed by atoms with van der Waals surface area (Å²) in [6, 6.07) is 7.04. The summed E-state index contributed by atoms with van der Waals surface area (Å²) in [5.41, 5.74) is 0.159. The number of rotatable bonds is 3. The highest BCUT2D eigenvalue weighted by Crippen LogP contribution is 2.35. The molecule has 2 aliphatic heterocycles. The van der Waals surface area contributed by atoms with Crippen LogP contribution in [-0.4, -0.2) is 79.3 Å². The van der Waals surface area contributed by atoms with Crippen LogP contribution in [0.15, 0.2) is 24.3 Å². The molecular formula is C21H29N3O4. The van der Waals surface area contributed by atoms with Crippen molar-refractivity contribution in [2.24, 2.45) is 11.3 Å². The smallest absolute Gasteiger partial charge is 0.253 e. The lowest BCUT2D eigenvalue weighted by Crippen LogP contribution is -2.45. The number of carbonyl (C=O) groups excluding carboxylic acids is 3. The van der Waals surface area contributed by atoms with Gasteiger partial charge >= 0.3 is 0 Å². The van der Waals surface area contributed by atoms with Crippen molar-refractivity contribution in [3.05, 3.63) is 29.8 Å². The lowest BCUT2D eigenvalue weighted by molar-refractivity contribution is -0.135. The number of nitrogens with zero attached hydrogens (tertiary/aromatic N) is 3. The summed E-state index contributed by atoms with van der Waals surface area (Å²) in [5, 5.41) is 0. The average molecular weight is 387 g/mol. The Hall–Kier alpha value is -2.57. The van der Waals surface area contributed by atoms with Crippen LogP contribution in [0.2, 0.25) is 0 Å². The van der Waals surface area contributed by atoms with Gasteiger partial charge in [-0.25, -0.2) is 0 Å². The van der Waals surface area contributed by atoms with Gasteiger partial charge in [0.25, 0.3) is 5.91 Å². The van der Waals surface area contributed by atoms with Crippen LogP contribution < -0.4 is 4.74 Å². The van der Waals surface area contributed by atoms with Crippen LogP contribution in [0.1, 0.15) is 30.6 Å². The van der Waals surface area contributed by atoms with Crippen LogP contribution in [0.4, 0.5) is 0 Å². The molecule has 2 fully saturated rings. The number of hydrogen-bond acceptors (Lipinski definition) is 4. The molecule has 28 heavy (non-hydrogen) atoms. The van der Waals surface area contributed by atoms with Gasteiger partial charge in [-0.15, -0.1) is 0 Å². The monoisotopic (exact) mass is 387 g/mol. The molecule has 3 amide bonds. The van der Waals surface area contributed by atoms with Crippen molar-refractivity contribution in [2.45, 2.75) is 20.3 Å². The number of likely N-dealkylation sites (tertiary alicyclic amines) is 1. The number of methoxy groups -OCH3 is 1. The van der Waals surface area contributed by atoms with Gasteiger partial charge in [-0.1, -0.05) is 13.8 Å². The van der Waals surface area contributed by atoms with E-state index in [0.717, 1.165) is 0 Å². The number of hydrogen-bond donors (Lipinski definition) is 0. The Labute approximate surface area is 166 Å². The SMILES string of the molecule is COc1ccc(C(=O)N2CCN(C(=O)C(C)C)C[C@@]3(CC(=O)N(C)C3)C2)cc1. The first-order chi connectivity index (χ1) is 13.2. The molecule has 0 saturated carbocycles. The molecule has 0 aromatic heterocycles. The van der Waals surface area contributed by atoms with E-state index in [1.165, 1.54) is 0 Å². The van der Waals surface area contributed by atoms with Gasteiger partial charge in [0.2, 0.25) is 11.8 Å². The van der Waals surface area contributed by atoms with Gasteiger partial charge in [-0.05, 0) is 24.3 Å². The van der Waals surface area contributed by atoms with Crippen molar-refractivity contribution in [2.75, 3.05) is 46.9 Å². The Morgan fingerprint density at radius 1 is 1.04 bits per heavy atom. The fourth-order valence-corrected chi connectivity index (χ4v) is 4.22. The zero-order valence-corrected chi connectivity index (χ0v) is 17.1. The van der Waals surface area contributed by atoms with Crippen LogP contribution in [0, 0.1) is 11.3 Å².